The summed E-state index contributed by atoms with van der Waals surface area (Å²) in [4.78, 5) is 71.2. The molecule has 3 saturated heterocycles. The van der Waals surface area contributed by atoms with Crippen molar-refractivity contribution >= 4 is 35.8 Å². The molecule has 15 atom stereocenters. The van der Waals surface area contributed by atoms with Crippen LogP contribution in [-0.2, 0) is 76.1 Å². The van der Waals surface area contributed by atoms with Gasteiger partial charge in [0.2, 0.25) is 0 Å². The van der Waals surface area contributed by atoms with Crippen molar-refractivity contribution in [2.45, 2.75) is 135 Å². The number of rotatable bonds is 13. The van der Waals surface area contributed by atoms with Gasteiger partial charge in [0.15, 0.2) is 37.2 Å². The highest BCUT2D eigenvalue weighted by Crippen LogP contribution is 2.38. The Morgan fingerprint density at radius 3 is 1.41 bits per heavy atom. The molecule has 0 aromatic carbocycles. The fourth-order valence-corrected chi connectivity index (χ4v) is 6.11. The lowest BCUT2D eigenvalue weighted by molar-refractivity contribution is -0.368. The molecule has 3 aliphatic heterocycles. The Morgan fingerprint density at radius 2 is 0.941 bits per heavy atom. The smallest absolute Gasteiger partial charge is 0.306 e. The van der Waals surface area contributed by atoms with E-state index >= 15 is 0 Å². The molecule has 20 nitrogen and oxygen atoms in total. The van der Waals surface area contributed by atoms with Crippen molar-refractivity contribution in [3.8, 4) is 0 Å². The second-order valence-corrected chi connectivity index (χ2v) is 12.5. The first-order chi connectivity index (χ1) is 23.8. The number of aliphatic carboxylic acids is 1. The van der Waals surface area contributed by atoms with Gasteiger partial charge < -0.3 is 67.8 Å². The minimum Gasteiger partial charge on any atom is -0.481 e. The summed E-state index contributed by atoms with van der Waals surface area (Å²) in [7, 11) is 0. The summed E-state index contributed by atoms with van der Waals surface area (Å²) >= 11 is 0. The molecule has 3 rings (SSSR count). The van der Waals surface area contributed by atoms with Crippen molar-refractivity contribution in [3.63, 3.8) is 0 Å². The predicted molar refractivity (Wildman–Crippen MR) is 160 cm³/mol. The van der Waals surface area contributed by atoms with E-state index in [1.165, 1.54) is 6.92 Å². The van der Waals surface area contributed by atoms with Crippen LogP contribution < -0.4 is 0 Å². The summed E-state index contributed by atoms with van der Waals surface area (Å²) in [5.74, 6) is -7.06. The summed E-state index contributed by atoms with van der Waals surface area (Å²) in [6, 6.07) is 0. The number of hydrogen-bond donors (Lipinski definition) is 4. The lowest BCUT2D eigenvalue weighted by atomic mass is 9.88. The molecule has 3 aliphatic rings. The SMILES string of the molecule is CC(=O)OCC1OC(O)C(OC(C)=O)[C@@H](C)[C@@H]1O[C@@H]1OC(COC(C)=O)[C@@H](O[C@@H]2OC(CC(=O)O)[C@@H](O)[C@H](O)C2OC(C)=O)[C@H](C)C1OC(C)=O. The maximum absolute atomic E-state index is 12.4. The average Bonchev–Trinajstić information content (AvgIpc) is 3.01. The van der Waals surface area contributed by atoms with E-state index in [1.54, 1.807) is 6.92 Å². The van der Waals surface area contributed by atoms with Crippen molar-refractivity contribution in [3.05, 3.63) is 0 Å². The third-order valence-corrected chi connectivity index (χ3v) is 8.39. The lowest BCUT2D eigenvalue weighted by Gasteiger charge is -2.50. The number of ether oxygens (including phenoxy) is 10. The zero-order valence-corrected chi connectivity index (χ0v) is 29.1. The van der Waals surface area contributed by atoms with Gasteiger partial charge in [-0.3, -0.25) is 28.8 Å². The fraction of sp³-hybridized carbons (Fsp3) is 0.806. The van der Waals surface area contributed by atoms with Gasteiger partial charge in [-0.2, -0.15) is 0 Å². The molecule has 20 heteroatoms. The highest BCUT2D eigenvalue weighted by molar-refractivity contribution is 5.68. The number of carboxylic acid groups (broad SMARTS) is 1. The van der Waals surface area contributed by atoms with Gasteiger partial charge in [-0.15, -0.1) is 0 Å². The number of hydrogen-bond acceptors (Lipinski definition) is 19. The van der Waals surface area contributed by atoms with E-state index in [9.17, 15) is 49.2 Å². The van der Waals surface area contributed by atoms with Crippen LogP contribution in [0.1, 0.15) is 54.9 Å². The summed E-state index contributed by atoms with van der Waals surface area (Å²) in [6.45, 7) is 7.67. The van der Waals surface area contributed by atoms with Crippen LogP contribution in [0.2, 0.25) is 0 Å². The van der Waals surface area contributed by atoms with Crippen molar-refractivity contribution in [1.82, 2.24) is 0 Å². The van der Waals surface area contributed by atoms with Gasteiger partial charge >= 0.3 is 35.8 Å². The molecule has 3 heterocycles. The van der Waals surface area contributed by atoms with Gasteiger partial charge in [-0.25, -0.2) is 0 Å². The molecule has 0 aromatic heterocycles. The number of carbonyl (C=O) groups excluding carboxylic acids is 5. The monoisotopic (exact) mass is 738 g/mol. The molecule has 0 spiro atoms. The van der Waals surface area contributed by atoms with Crippen LogP contribution in [-0.4, -0.2) is 149 Å². The maximum atomic E-state index is 12.4. The summed E-state index contributed by atoms with van der Waals surface area (Å²) in [5, 5.41) is 41.3. The molecule has 0 amide bonds. The normalized spacial score (nSPS) is 38.1. The first-order valence-electron chi connectivity index (χ1n) is 16.1. The molecule has 0 aromatic rings. The van der Waals surface area contributed by atoms with Crippen LogP contribution in [0.4, 0.5) is 0 Å². The van der Waals surface area contributed by atoms with Crippen LogP contribution in [0, 0.1) is 11.8 Å². The zero-order chi connectivity index (χ0) is 38.3. The summed E-state index contributed by atoms with van der Waals surface area (Å²) < 4.78 is 56.4. The minimum atomic E-state index is -1.87. The van der Waals surface area contributed by atoms with E-state index in [1.807, 2.05) is 0 Å². The quantitative estimate of drug-likeness (QED) is 0.121. The van der Waals surface area contributed by atoms with Crippen molar-refractivity contribution in [2.75, 3.05) is 13.2 Å². The summed E-state index contributed by atoms with van der Waals surface area (Å²) in [6.07, 6.45) is -20.1. The van der Waals surface area contributed by atoms with Gasteiger partial charge in [0.1, 0.15) is 37.6 Å². The minimum absolute atomic E-state index is 0.417. The molecular weight excluding hydrogens is 692 g/mol. The Kier molecular flexibility index (Phi) is 15.1. The van der Waals surface area contributed by atoms with Gasteiger partial charge in [-0.05, 0) is 0 Å². The fourth-order valence-electron chi connectivity index (χ4n) is 6.11. The van der Waals surface area contributed by atoms with Crippen LogP contribution in [0.15, 0.2) is 0 Å². The molecule has 290 valence electrons. The number of carbonyl (C=O) groups is 6. The van der Waals surface area contributed by atoms with Crippen LogP contribution in [0.3, 0.4) is 0 Å². The molecule has 7 unspecified atom stereocenters. The molecule has 3 fully saturated rings. The van der Waals surface area contributed by atoms with E-state index in [2.05, 4.69) is 0 Å². The second kappa shape index (κ2) is 18.3. The Labute approximate surface area is 292 Å². The first kappa shape index (κ1) is 41.9. The number of aliphatic hydroxyl groups is 3. The average molecular weight is 739 g/mol. The zero-order valence-electron chi connectivity index (χ0n) is 29.1. The molecule has 0 saturated carbocycles. The van der Waals surface area contributed by atoms with Gasteiger partial charge in [-0.1, -0.05) is 13.8 Å². The number of carboxylic acids is 1. The molecule has 4 N–H and O–H groups in total. The molecule has 0 aliphatic carbocycles. The first-order valence-corrected chi connectivity index (χ1v) is 16.1. The Bertz CT molecular complexity index is 1250. The maximum Gasteiger partial charge on any atom is 0.306 e. The van der Waals surface area contributed by atoms with Crippen molar-refractivity contribution in [2.24, 2.45) is 11.8 Å². The van der Waals surface area contributed by atoms with Crippen molar-refractivity contribution < 1.29 is 96.6 Å². The van der Waals surface area contributed by atoms with E-state index in [0.717, 1.165) is 34.6 Å². The lowest BCUT2D eigenvalue weighted by Crippen LogP contribution is -2.65. The summed E-state index contributed by atoms with van der Waals surface area (Å²) in [5.41, 5.74) is 0. The number of aliphatic hydroxyl groups excluding tert-OH is 3. The third kappa shape index (κ3) is 11.2. The molecule has 0 bridgehead atoms. The Hall–Kier alpha value is -3.50. The predicted octanol–water partition coefficient (Wildman–Crippen LogP) is -1.69. The van der Waals surface area contributed by atoms with Crippen molar-refractivity contribution in [1.29, 1.82) is 0 Å². The standard InChI is InChI=1S/C31H46O20/c1-11-24(19(9-42-13(3)32)47-29(41)26(11)44-15(5)34)50-30-27(45-16(6)35)12(2)25(20(49-30)10-43-14(4)33)51-31-28(46-17(7)36)23(40)22(39)18(48-31)8-21(37)38/h11-12,18-20,22-31,39-41H,8-10H2,1-7H3,(H,37,38)/t11-,12-,18?,19?,20?,22+,23-,24-,25-,26?,27?,28?,29?,30-,31-/m0/s1. The topological polar surface area (TPSA) is 276 Å². The second-order valence-electron chi connectivity index (χ2n) is 12.5. The van der Waals surface area contributed by atoms with E-state index in [0.29, 0.717) is 0 Å². The van der Waals surface area contributed by atoms with Crippen LogP contribution in [0.25, 0.3) is 0 Å². The third-order valence-electron chi connectivity index (χ3n) is 8.39. The highest BCUT2D eigenvalue weighted by atomic mass is 16.8. The Balaban J connectivity index is 2.02. The molecule has 0 radical (unpaired) electrons. The highest BCUT2D eigenvalue weighted by Gasteiger charge is 2.55. The van der Waals surface area contributed by atoms with E-state index < -0.39 is 147 Å². The van der Waals surface area contributed by atoms with Gasteiger partial charge in [0.25, 0.3) is 0 Å². The van der Waals surface area contributed by atoms with Gasteiger partial charge in [0, 0.05) is 46.5 Å². The molecular formula is C31H46O20. The van der Waals surface area contributed by atoms with E-state index in [4.69, 9.17) is 47.4 Å². The van der Waals surface area contributed by atoms with Gasteiger partial charge in [0.05, 0.1) is 24.7 Å². The molecule has 51 heavy (non-hydrogen) atoms. The van der Waals surface area contributed by atoms with Crippen LogP contribution in [0.5, 0.6) is 0 Å². The largest absolute Gasteiger partial charge is 0.481 e. The van der Waals surface area contributed by atoms with E-state index in [-0.39, 0.29) is 0 Å². The van der Waals surface area contributed by atoms with Crippen LogP contribution >= 0.6 is 0 Å². The number of esters is 5. The Morgan fingerprint density at radius 1 is 0.529 bits per heavy atom.